The lowest BCUT2D eigenvalue weighted by atomic mass is 9.75. The van der Waals surface area contributed by atoms with Crippen LogP contribution in [-0.4, -0.2) is 4.57 Å². The molecule has 0 spiro atoms. The van der Waals surface area contributed by atoms with Crippen molar-refractivity contribution in [2.45, 2.75) is 97.8 Å². The monoisotopic (exact) mass is 890 g/mol. The summed E-state index contributed by atoms with van der Waals surface area (Å²) in [5, 5.41) is 3.71. The number of benzene rings is 4. The SMILES string of the molecule is C/C=C\C(C)=C(/C)c1c(/C=C/C=C/N(C2=C\CC(C)(C)c3cc4c(cc3C/C=C\2)C(C)(C)C2=C(n3cccc3)CC(C)C=C24)c2ccc(C3C=C=CC=CC3)cc2)cccc1Nc1ccccc1. The van der Waals surface area contributed by atoms with Gasteiger partial charge in [-0.1, -0.05) is 144 Å². The van der Waals surface area contributed by atoms with E-state index in [1.54, 1.807) is 0 Å². The van der Waals surface area contributed by atoms with E-state index in [0.717, 1.165) is 54.0 Å². The summed E-state index contributed by atoms with van der Waals surface area (Å²) in [4.78, 5) is 2.37. The predicted molar refractivity (Wildman–Crippen MR) is 293 cm³/mol. The van der Waals surface area contributed by atoms with Crippen LogP contribution in [0, 0.1) is 5.92 Å². The van der Waals surface area contributed by atoms with Gasteiger partial charge in [0.15, 0.2) is 0 Å². The summed E-state index contributed by atoms with van der Waals surface area (Å²) in [7, 11) is 0. The summed E-state index contributed by atoms with van der Waals surface area (Å²) in [5.41, 5.74) is 23.8. The van der Waals surface area contributed by atoms with Crippen molar-refractivity contribution in [2.75, 3.05) is 10.2 Å². The Labute approximate surface area is 406 Å². The van der Waals surface area contributed by atoms with E-state index in [-0.39, 0.29) is 10.8 Å². The maximum absolute atomic E-state index is 3.71. The van der Waals surface area contributed by atoms with Crippen molar-refractivity contribution in [2.24, 2.45) is 5.92 Å². The summed E-state index contributed by atoms with van der Waals surface area (Å²) in [6.45, 7) is 18.6. The second-order valence-corrected chi connectivity index (χ2v) is 20.2. The molecule has 1 heterocycles. The maximum atomic E-state index is 3.71. The molecule has 2 unspecified atom stereocenters. The predicted octanol–water partition coefficient (Wildman–Crippen LogP) is 17.4. The highest BCUT2D eigenvalue weighted by Gasteiger charge is 2.43. The molecule has 1 N–H and O–H groups in total. The lowest BCUT2D eigenvalue weighted by molar-refractivity contribution is 0.527. The van der Waals surface area contributed by atoms with Crippen LogP contribution in [-0.2, 0) is 17.3 Å². The van der Waals surface area contributed by atoms with Crippen LogP contribution < -0.4 is 10.2 Å². The minimum atomic E-state index is -0.111. The van der Waals surface area contributed by atoms with E-state index in [2.05, 4.69) is 264 Å². The Morgan fingerprint density at radius 2 is 1.66 bits per heavy atom. The van der Waals surface area contributed by atoms with Gasteiger partial charge in [0.05, 0.1) is 0 Å². The van der Waals surface area contributed by atoms with Crippen molar-refractivity contribution < 1.29 is 0 Å². The molecule has 4 aliphatic rings. The van der Waals surface area contributed by atoms with Crippen molar-refractivity contribution in [3.8, 4) is 0 Å². The zero-order valence-electron chi connectivity index (χ0n) is 41.4. The van der Waals surface area contributed by atoms with Crippen molar-refractivity contribution in [1.29, 1.82) is 0 Å². The van der Waals surface area contributed by atoms with Crippen LogP contribution in [0.2, 0.25) is 0 Å². The molecule has 68 heavy (non-hydrogen) atoms. The second-order valence-electron chi connectivity index (χ2n) is 20.2. The minimum Gasteiger partial charge on any atom is -0.355 e. The smallest absolute Gasteiger partial charge is 0.0466 e. The van der Waals surface area contributed by atoms with Crippen molar-refractivity contribution in [3.63, 3.8) is 0 Å². The Balaban J connectivity index is 1.08. The first-order chi connectivity index (χ1) is 32.9. The van der Waals surface area contributed by atoms with Crippen LogP contribution in [0.25, 0.3) is 22.9 Å². The number of hydrogen-bond acceptors (Lipinski definition) is 2. The molecule has 4 aromatic carbocycles. The zero-order valence-corrected chi connectivity index (χ0v) is 41.4. The summed E-state index contributed by atoms with van der Waals surface area (Å²) in [6, 6.07) is 35.6. The molecule has 0 saturated carbocycles. The van der Waals surface area contributed by atoms with Gasteiger partial charge >= 0.3 is 0 Å². The Morgan fingerprint density at radius 1 is 0.868 bits per heavy atom. The summed E-state index contributed by atoms with van der Waals surface area (Å²) in [5.74, 6) is 0.771. The quantitative estimate of drug-likeness (QED) is 0.105. The molecule has 1 aromatic heterocycles. The largest absolute Gasteiger partial charge is 0.355 e. The Hall–Kier alpha value is -7.06. The van der Waals surface area contributed by atoms with Crippen LogP contribution in [0.4, 0.5) is 17.1 Å². The molecule has 4 aliphatic carbocycles. The molecule has 0 bridgehead atoms. The van der Waals surface area contributed by atoms with Gasteiger partial charge in [-0.2, -0.15) is 0 Å². The van der Waals surface area contributed by atoms with Gasteiger partial charge in [-0.05, 0) is 180 Å². The highest BCUT2D eigenvalue weighted by Crippen LogP contribution is 2.56. The molecule has 0 radical (unpaired) electrons. The molecule has 0 amide bonds. The van der Waals surface area contributed by atoms with E-state index >= 15 is 0 Å². The normalized spacial score (nSPS) is 21.0. The number of rotatable bonds is 11. The molecule has 9 rings (SSSR count). The lowest BCUT2D eigenvalue weighted by Gasteiger charge is -2.30. The van der Waals surface area contributed by atoms with Crippen molar-refractivity contribution >= 4 is 40.0 Å². The summed E-state index contributed by atoms with van der Waals surface area (Å²) in [6.07, 6.45) is 39.6. The van der Waals surface area contributed by atoms with Crippen LogP contribution in [0.15, 0.2) is 211 Å². The van der Waals surface area contributed by atoms with Gasteiger partial charge in [0.2, 0.25) is 0 Å². The summed E-state index contributed by atoms with van der Waals surface area (Å²) >= 11 is 0. The van der Waals surface area contributed by atoms with E-state index in [0.29, 0.717) is 11.8 Å². The lowest BCUT2D eigenvalue weighted by Crippen LogP contribution is -2.22. The van der Waals surface area contributed by atoms with E-state index in [1.807, 2.05) is 6.08 Å². The average Bonchev–Trinajstić information content (AvgIpc) is 3.85. The van der Waals surface area contributed by atoms with Crippen LogP contribution >= 0.6 is 0 Å². The molecule has 3 nitrogen and oxygen atoms in total. The van der Waals surface area contributed by atoms with Gasteiger partial charge in [-0.3, -0.25) is 0 Å². The number of aromatic nitrogens is 1. The number of anilines is 3. The van der Waals surface area contributed by atoms with E-state index in [9.17, 15) is 0 Å². The molecular weight excluding hydrogens is 823 g/mol. The van der Waals surface area contributed by atoms with E-state index in [4.69, 9.17) is 0 Å². The molecular formula is C65H67N3. The third-order valence-corrected chi connectivity index (χ3v) is 14.5. The highest BCUT2D eigenvalue weighted by molar-refractivity contribution is 5.96. The molecule has 342 valence electrons. The zero-order chi connectivity index (χ0) is 47.4. The first kappa shape index (κ1) is 46.1. The standard InChI is InChI=1S/C65H67N3/c1-9-23-47(3)48(4)62-51(27-22-32-60(62)66-53-29-15-12-16-30-53)26-17-18-41-68(55-35-33-50(34-36-55)49-24-13-10-11-14-25-49)54-31-21-28-52-44-59-56(45-58(52)64(5,6)38-37-54)57-42-46(2)43-61(63(57)65(59,7)8)67-39-19-20-40-67/h9-13,15-23,25-27,29-37,39-42,44-46,49,66H,24,28,38,43H2,1-8H3/b23-9-,26-17+,31-21-,41-18+,48-47+,54-37-. The molecule has 3 heteroatoms. The average molecular weight is 890 g/mol. The maximum Gasteiger partial charge on any atom is 0.0466 e. The van der Waals surface area contributed by atoms with Gasteiger partial charge in [0.1, 0.15) is 0 Å². The van der Waals surface area contributed by atoms with Gasteiger partial charge in [-0.25, -0.2) is 0 Å². The van der Waals surface area contributed by atoms with E-state index in [1.165, 1.54) is 61.4 Å². The first-order valence-corrected chi connectivity index (χ1v) is 24.6. The third-order valence-electron chi connectivity index (χ3n) is 14.5. The molecule has 0 fully saturated rings. The molecule has 5 aromatic rings. The van der Waals surface area contributed by atoms with Crippen LogP contribution in [0.3, 0.4) is 0 Å². The Bertz CT molecular complexity index is 3030. The summed E-state index contributed by atoms with van der Waals surface area (Å²) < 4.78 is 2.36. The Morgan fingerprint density at radius 3 is 2.44 bits per heavy atom. The van der Waals surface area contributed by atoms with Crippen LogP contribution in [0.1, 0.15) is 120 Å². The number of nitrogens with one attached hydrogen (secondary N) is 1. The third kappa shape index (κ3) is 9.42. The number of fused-ring (bicyclic) bond motifs is 4. The minimum absolute atomic E-state index is 0.104. The van der Waals surface area contributed by atoms with Gasteiger partial charge in [0, 0.05) is 63.9 Å². The van der Waals surface area contributed by atoms with Gasteiger partial charge < -0.3 is 14.8 Å². The number of para-hydroxylation sites is 1. The van der Waals surface area contributed by atoms with Gasteiger partial charge in [-0.15, -0.1) is 5.73 Å². The topological polar surface area (TPSA) is 20.2 Å². The van der Waals surface area contributed by atoms with Crippen molar-refractivity contribution in [1.82, 2.24) is 4.57 Å². The van der Waals surface area contributed by atoms with Crippen LogP contribution in [0.5, 0.6) is 0 Å². The number of nitrogens with zero attached hydrogens (tertiary/aromatic N) is 2. The number of hydrogen-bond donors (Lipinski definition) is 1. The first-order valence-electron chi connectivity index (χ1n) is 24.6. The number of allylic oxidation sites excluding steroid dienone is 16. The molecule has 2 atom stereocenters. The fraction of sp³-hybridized carbons (Fsp3) is 0.246. The molecule has 0 aliphatic heterocycles. The fourth-order valence-corrected chi connectivity index (χ4v) is 10.8. The van der Waals surface area contributed by atoms with Crippen molar-refractivity contribution in [3.05, 3.63) is 250 Å². The second kappa shape index (κ2) is 19.7. The highest BCUT2D eigenvalue weighted by atomic mass is 15.1. The molecule has 0 saturated heterocycles. The Kier molecular flexibility index (Phi) is 13.3. The fourth-order valence-electron chi connectivity index (χ4n) is 10.8. The van der Waals surface area contributed by atoms with E-state index < -0.39 is 0 Å². The van der Waals surface area contributed by atoms with Gasteiger partial charge in [0.25, 0.3) is 0 Å².